The van der Waals surface area contributed by atoms with Crippen LogP contribution in [0.2, 0.25) is 5.02 Å². The summed E-state index contributed by atoms with van der Waals surface area (Å²) in [5, 5.41) is 4.58. The maximum absolute atomic E-state index is 6.28. The zero-order valence-electron chi connectivity index (χ0n) is 12.9. The number of halogens is 1. The van der Waals surface area contributed by atoms with Crippen LogP contribution >= 0.6 is 11.6 Å². The molecule has 0 bridgehead atoms. The van der Waals surface area contributed by atoms with E-state index >= 15 is 0 Å². The second-order valence-electron chi connectivity index (χ2n) is 6.00. The number of benzene rings is 1. The summed E-state index contributed by atoms with van der Waals surface area (Å²) in [4.78, 5) is 0. The van der Waals surface area contributed by atoms with Crippen LogP contribution < -0.4 is 5.32 Å². The first kappa shape index (κ1) is 15.8. The topological polar surface area (TPSA) is 21.3 Å². The molecule has 1 saturated carbocycles. The third-order valence-corrected chi connectivity index (χ3v) is 5.28. The van der Waals surface area contributed by atoms with E-state index in [2.05, 4.69) is 39.1 Å². The Hall–Kier alpha value is -0.570. The van der Waals surface area contributed by atoms with Crippen LogP contribution in [0.15, 0.2) is 24.3 Å². The first-order chi connectivity index (χ1) is 9.52. The fraction of sp³-hybridized carbons (Fsp3) is 0.647. The molecule has 0 aromatic heterocycles. The lowest BCUT2D eigenvalue weighted by Gasteiger charge is -2.54. The van der Waals surface area contributed by atoms with Crippen LogP contribution in [0.1, 0.15) is 52.1 Å². The van der Waals surface area contributed by atoms with Gasteiger partial charge in [0.1, 0.15) is 0 Å². The molecule has 1 fully saturated rings. The molecule has 1 N–H and O–H groups in total. The lowest BCUT2D eigenvalue weighted by atomic mass is 9.61. The Balaban J connectivity index is 2.02. The average Bonchev–Trinajstić information content (AvgIpc) is 2.45. The van der Waals surface area contributed by atoms with Crippen molar-refractivity contribution in [2.75, 3.05) is 6.61 Å². The van der Waals surface area contributed by atoms with Gasteiger partial charge < -0.3 is 10.1 Å². The fourth-order valence-corrected chi connectivity index (χ4v) is 3.53. The number of ether oxygens (including phenoxy) is 1. The van der Waals surface area contributed by atoms with E-state index in [1.54, 1.807) is 0 Å². The van der Waals surface area contributed by atoms with Gasteiger partial charge in [0.05, 0.1) is 6.10 Å². The SMILES string of the molecule is CCOC1CC(N[C@H](C)c2ccccc2Cl)C1(C)CC. The number of hydrogen-bond acceptors (Lipinski definition) is 2. The Kier molecular flexibility index (Phi) is 5.11. The smallest absolute Gasteiger partial charge is 0.0658 e. The molecule has 0 aliphatic heterocycles. The predicted molar refractivity (Wildman–Crippen MR) is 85.2 cm³/mol. The summed E-state index contributed by atoms with van der Waals surface area (Å²) in [6, 6.07) is 8.84. The summed E-state index contributed by atoms with van der Waals surface area (Å²) < 4.78 is 5.86. The zero-order valence-corrected chi connectivity index (χ0v) is 13.7. The first-order valence-corrected chi connectivity index (χ1v) is 8.02. The van der Waals surface area contributed by atoms with Gasteiger partial charge in [-0.1, -0.05) is 43.6 Å². The summed E-state index contributed by atoms with van der Waals surface area (Å²) in [5.74, 6) is 0. The summed E-state index contributed by atoms with van der Waals surface area (Å²) >= 11 is 6.28. The van der Waals surface area contributed by atoms with Crippen LogP contribution in [0, 0.1) is 5.41 Å². The minimum absolute atomic E-state index is 0.228. The number of nitrogens with one attached hydrogen (secondary N) is 1. The van der Waals surface area contributed by atoms with Gasteiger partial charge in [-0.25, -0.2) is 0 Å². The number of hydrogen-bond donors (Lipinski definition) is 1. The van der Waals surface area contributed by atoms with Gasteiger partial charge in [-0.15, -0.1) is 0 Å². The van der Waals surface area contributed by atoms with E-state index in [0.717, 1.165) is 24.5 Å². The summed E-state index contributed by atoms with van der Waals surface area (Å²) in [7, 11) is 0. The molecule has 1 aliphatic rings. The van der Waals surface area contributed by atoms with Crippen molar-refractivity contribution in [2.45, 2.75) is 58.7 Å². The normalized spacial score (nSPS) is 30.9. The molecule has 4 atom stereocenters. The van der Waals surface area contributed by atoms with Crippen LogP contribution in [-0.2, 0) is 4.74 Å². The van der Waals surface area contributed by atoms with E-state index in [1.807, 2.05) is 18.2 Å². The zero-order chi connectivity index (χ0) is 14.8. The van der Waals surface area contributed by atoms with Gasteiger partial charge in [0, 0.05) is 29.1 Å². The van der Waals surface area contributed by atoms with Crippen molar-refractivity contribution in [3.05, 3.63) is 34.9 Å². The average molecular weight is 296 g/mol. The molecular weight excluding hydrogens is 270 g/mol. The second-order valence-corrected chi connectivity index (χ2v) is 6.41. The molecule has 0 heterocycles. The monoisotopic (exact) mass is 295 g/mol. The Labute approximate surface area is 127 Å². The maximum atomic E-state index is 6.28. The van der Waals surface area contributed by atoms with Crippen molar-refractivity contribution in [3.8, 4) is 0 Å². The molecule has 2 nitrogen and oxygen atoms in total. The highest BCUT2D eigenvalue weighted by Crippen LogP contribution is 2.46. The molecule has 2 rings (SSSR count). The Morgan fingerprint density at radius 3 is 2.70 bits per heavy atom. The fourth-order valence-electron chi connectivity index (χ4n) is 3.23. The van der Waals surface area contributed by atoms with E-state index in [-0.39, 0.29) is 11.5 Å². The van der Waals surface area contributed by atoms with Crippen molar-refractivity contribution in [1.29, 1.82) is 0 Å². The summed E-state index contributed by atoms with van der Waals surface area (Å²) in [5.41, 5.74) is 1.40. The second kappa shape index (κ2) is 6.46. The maximum Gasteiger partial charge on any atom is 0.0658 e. The van der Waals surface area contributed by atoms with Crippen LogP contribution in [0.5, 0.6) is 0 Å². The Morgan fingerprint density at radius 2 is 2.10 bits per heavy atom. The van der Waals surface area contributed by atoms with Gasteiger partial charge in [0.25, 0.3) is 0 Å². The van der Waals surface area contributed by atoms with Crippen molar-refractivity contribution < 1.29 is 4.74 Å². The molecule has 0 radical (unpaired) electrons. The van der Waals surface area contributed by atoms with E-state index in [1.165, 1.54) is 5.56 Å². The Bertz CT molecular complexity index is 450. The van der Waals surface area contributed by atoms with Gasteiger partial charge in [0.15, 0.2) is 0 Å². The molecule has 1 aromatic rings. The van der Waals surface area contributed by atoms with E-state index in [0.29, 0.717) is 12.1 Å². The highest BCUT2D eigenvalue weighted by atomic mass is 35.5. The van der Waals surface area contributed by atoms with Gasteiger partial charge >= 0.3 is 0 Å². The van der Waals surface area contributed by atoms with E-state index in [4.69, 9.17) is 16.3 Å². The van der Waals surface area contributed by atoms with E-state index < -0.39 is 0 Å². The largest absolute Gasteiger partial charge is 0.378 e. The van der Waals surface area contributed by atoms with E-state index in [9.17, 15) is 0 Å². The Morgan fingerprint density at radius 1 is 1.40 bits per heavy atom. The van der Waals surface area contributed by atoms with Crippen LogP contribution in [0.4, 0.5) is 0 Å². The molecule has 0 spiro atoms. The van der Waals surface area contributed by atoms with Crippen molar-refractivity contribution in [1.82, 2.24) is 5.32 Å². The third-order valence-electron chi connectivity index (χ3n) is 4.93. The highest BCUT2D eigenvalue weighted by Gasteiger charge is 2.51. The van der Waals surface area contributed by atoms with Crippen LogP contribution in [-0.4, -0.2) is 18.8 Å². The summed E-state index contributed by atoms with van der Waals surface area (Å²) in [6.45, 7) is 9.63. The predicted octanol–water partition coefficient (Wildman–Crippen LogP) is 4.58. The van der Waals surface area contributed by atoms with Crippen LogP contribution in [0.3, 0.4) is 0 Å². The summed E-state index contributed by atoms with van der Waals surface area (Å²) in [6.07, 6.45) is 2.60. The van der Waals surface area contributed by atoms with Gasteiger partial charge in [-0.3, -0.25) is 0 Å². The molecule has 1 aromatic carbocycles. The molecule has 0 amide bonds. The van der Waals surface area contributed by atoms with Crippen molar-refractivity contribution >= 4 is 11.6 Å². The van der Waals surface area contributed by atoms with Gasteiger partial charge in [-0.2, -0.15) is 0 Å². The quantitative estimate of drug-likeness (QED) is 0.829. The van der Waals surface area contributed by atoms with Crippen molar-refractivity contribution in [3.63, 3.8) is 0 Å². The minimum Gasteiger partial charge on any atom is -0.378 e. The first-order valence-electron chi connectivity index (χ1n) is 7.65. The lowest BCUT2D eigenvalue weighted by Crippen LogP contribution is -2.62. The third kappa shape index (κ3) is 2.88. The molecule has 1 aliphatic carbocycles. The highest BCUT2D eigenvalue weighted by molar-refractivity contribution is 6.31. The molecular formula is C17H26ClNO. The van der Waals surface area contributed by atoms with Gasteiger partial charge in [-0.05, 0) is 38.3 Å². The standard InChI is InChI=1S/C17H26ClNO/c1-5-17(4)15(11-16(17)20-6-2)19-12(3)13-9-7-8-10-14(13)18/h7-10,12,15-16,19H,5-6,11H2,1-4H3/t12-,15?,16?,17?/m1/s1. The molecule has 112 valence electrons. The molecule has 20 heavy (non-hydrogen) atoms. The van der Waals surface area contributed by atoms with Crippen LogP contribution in [0.25, 0.3) is 0 Å². The number of rotatable bonds is 6. The molecule has 0 saturated heterocycles. The van der Waals surface area contributed by atoms with Crippen molar-refractivity contribution in [2.24, 2.45) is 5.41 Å². The lowest BCUT2D eigenvalue weighted by molar-refractivity contribution is -0.127. The minimum atomic E-state index is 0.228. The molecule has 3 unspecified atom stereocenters. The van der Waals surface area contributed by atoms with Gasteiger partial charge in [0.2, 0.25) is 0 Å². The molecule has 3 heteroatoms.